The quantitative estimate of drug-likeness (QED) is 0.616. The lowest BCUT2D eigenvalue weighted by molar-refractivity contribution is -0.183. The fourth-order valence-electron chi connectivity index (χ4n) is 1.10. The van der Waals surface area contributed by atoms with Crippen LogP contribution in [0, 0.1) is 5.41 Å². The van der Waals surface area contributed by atoms with E-state index in [-0.39, 0.29) is 5.70 Å². The molecule has 1 rings (SSSR count). The van der Waals surface area contributed by atoms with E-state index in [4.69, 9.17) is 0 Å². The SMILES string of the molecule is C=C1N(C(=O)C(F)(F)F)N=C(C)C1(C)C. The highest BCUT2D eigenvalue weighted by Crippen LogP contribution is 2.37. The molecule has 0 atom stereocenters. The zero-order valence-electron chi connectivity index (χ0n) is 8.64. The summed E-state index contributed by atoms with van der Waals surface area (Å²) in [5.41, 5.74) is -0.228. The van der Waals surface area contributed by atoms with Gasteiger partial charge in [0.05, 0.1) is 5.70 Å². The van der Waals surface area contributed by atoms with Crippen molar-refractivity contribution in [2.75, 3.05) is 0 Å². The normalized spacial score (nSPS) is 20.5. The Balaban J connectivity index is 3.04. The van der Waals surface area contributed by atoms with Gasteiger partial charge in [-0.15, -0.1) is 0 Å². The predicted octanol–water partition coefficient (Wildman–Crippen LogP) is 2.31. The number of carbonyl (C=O) groups is 1. The molecule has 0 saturated heterocycles. The molecule has 0 saturated carbocycles. The summed E-state index contributed by atoms with van der Waals surface area (Å²) in [5, 5.41) is 3.90. The van der Waals surface area contributed by atoms with Gasteiger partial charge in [-0.25, -0.2) is 0 Å². The molecule has 0 aromatic carbocycles. The second kappa shape index (κ2) is 3.08. The van der Waals surface area contributed by atoms with Crippen molar-refractivity contribution in [3.63, 3.8) is 0 Å². The van der Waals surface area contributed by atoms with E-state index >= 15 is 0 Å². The highest BCUT2D eigenvalue weighted by Gasteiger charge is 2.49. The van der Waals surface area contributed by atoms with Crippen molar-refractivity contribution in [1.82, 2.24) is 5.01 Å². The van der Waals surface area contributed by atoms with Crippen LogP contribution < -0.4 is 0 Å². The van der Waals surface area contributed by atoms with Crippen LogP contribution in [0.2, 0.25) is 0 Å². The van der Waals surface area contributed by atoms with Crippen molar-refractivity contribution >= 4 is 11.6 Å². The lowest BCUT2D eigenvalue weighted by Crippen LogP contribution is -2.37. The van der Waals surface area contributed by atoms with E-state index in [9.17, 15) is 18.0 Å². The van der Waals surface area contributed by atoms with Crippen molar-refractivity contribution in [1.29, 1.82) is 0 Å². The Morgan fingerprint density at radius 1 is 1.47 bits per heavy atom. The van der Waals surface area contributed by atoms with Crippen molar-refractivity contribution < 1.29 is 18.0 Å². The average Bonchev–Trinajstić information content (AvgIpc) is 2.26. The zero-order valence-corrected chi connectivity index (χ0v) is 8.64. The monoisotopic (exact) mass is 220 g/mol. The van der Waals surface area contributed by atoms with Crippen LogP contribution in [0.15, 0.2) is 17.4 Å². The first-order valence-electron chi connectivity index (χ1n) is 4.25. The number of alkyl halides is 3. The molecule has 0 unspecified atom stereocenters. The Bertz CT molecular complexity index is 355. The van der Waals surface area contributed by atoms with Crippen LogP contribution in [-0.2, 0) is 4.79 Å². The number of allylic oxidation sites excluding steroid dienone is 1. The summed E-state index contributed by atoms with van der Waals surface area (Å²) in [7, 11) is 0. The number of carbonyl (C=O) groups excluding carboxylic acids is 1. The Morgan fingerprint density at radius 2 is 1.93 bits per heavy atom. The third kappa shape index (κ3) is 1.75. The summed E-state index contributed by atoms with van der Waals surface area (Å²) in [4.78, 5) is 10.9. The maximum atomic E-state index is 12.2. The molecule has 0 aromatic heterocycles. The smallest absolute Gasteiger partial charge is 0.262 e. The minimum Gasteiger partial charge on any atom is -0.262 e. The van der Waals surface area contributed by atoms with Gasteiger partial charge in [-0.1, -0.05) is 6.58 Å². The number of amides is 1. The Hall–Kier alpha value is -1.33. The van der Waals surface area contributed by atoms with Crippen LogP contribution in [0.25, 0.3) is 0 Å². The van der Waals surface area contributed by atoms with E-state index in [2.05, 4.69) is 11.7 Å². The summed E-state index contributed by atoms with van der Waals surface area (Å²) in [6.45, 7) is 8.36. The van der Waals surface area contributed by atoms with E-state index < -0.39 is 17.5 Å². The molecule has 0 aromatic rings. The second-order valence-corrected chi connectivity index (χ2v) is 3.87. The van der Waals surface area contributed by atoms with E-state index in [1.807, 2.05) is 0 Å². The standard InChI is InChI=1S/C9H11F3N2O/c1-5-8(3,4)6(2)14(13-5)7(15)9(10,11)12/h2H2,1,3-4H3. The average molecular weight is 220 g/mol. The summed E-state index contributed by atoms with van der Waals surface area (Å²) >= 11 is 0. The maximum absolute atomic E-state index is 12.2. The molecule has 1 aliphatic rings. The van der Waals surface area contributed by atoms with Crippen LogP contribution in [0.4, 0.5) is 13.2 Å². The van der Waals surface area contributed by atoms with Gasteiger partial charge in [0.25, 0.3) is 0 Å². The summed E-state index contributed by atoms with van der Waals surface area (Å²) in [6, 6.07) is 0. The topological polar surface area (TPSA) is 32.7 Å². The van der Waals surface area contributed by atoms with E-state index in [0.29, 0.717) is 10.7 Å². The molecule has 84 valence electrons. The van der Waals surface area contributed by atoms with Crippen molar-refractivity contribution in [3.8, 4) is 0 Å². The van der Waals surface area contributed by atoms with Gasteiger partial charge in [-0.3, -0.25) is 4.79 Å². The fraction of sp³-hybridized carbons (Fsp3) is 0.556. The lowest BCUT2D eigenvalue weighted by atomic mass is 9.86. The molecule has 0 spiro atoms. The van der Waals surface area contributed by atoms with Gasteiger partial charge < -0.3 is 0 Å². The van der Waals surface area contributed by atoms with E-state index in [0.717, 1.165) is 0 Å². The molecule has 6 heteroatoms. The van der Waals surface area contributed by atoms with Crippen LogP contribution in [-0.4, -0.2) is 22.8 Å². The summed E-state index contributed by atoms with van der Waals surface area (Å²) in [5.74, 6) is -2.00. The number of hydrogen-bond acceptors (Lipinski definition) is 2. The molecule has 15 heavy (non-hydrogen) atoms. The van der Waals surface area contributed by atoms with Crippen molar-refractivity contribution in [2.45, 2.75) is 26.9 Å². The van der Waals surface area contributed by atoms with Gasteiger partial charge >= 0.3 is 12.1 Å². The molecule has 3 nitrogen and oxygen atoms in total. The number of nitrogens with zero attached hydrogens (tertiary/aromatic N) is 2. The molecule has 0 fully saturated rings. The molecule has 0 bridgehead atoms. The lowest BCUT2D eigenvalue weighted by Gasteiger charge is -2.22. The van der Waals surface area contributed by atoms with Gasteiger partial charge in [0.15, 0.2) is 0 Å². The Labute approximate surface area is 85.2 Å². The number of hydrazone groups is 1. The highest BCUT2D eigenvalue weighted by atomic mass is 19.4. The third-order valence-corrected chi connectivity index (χ3v) is 2.57. The second-order valence-electron chi connectivity index (χ2n) is 3.87. The summed E-state index contributed by atoms with van der Waals surface area (Å²) in [6.07, 6.45) is -4.92. The summed E-state index contributed by atoms with van der Waals surface area (Å²) < 4.78 is 36.5. The third-order valence-electron chi connectivity index (χ3n) is 2.57. The minimum absolute atomic E-state index is 0.0438. The van der Waals surface area contributed by atoms with Gasteiger partial charge in [0.1, 0.15) is 0 Å². The predicted molar refractivity (Wildman–Crippen MR) is 48.9 cm³/mol. The molecule has 0 aliphatic carbocycles. The Morgan fingerprint density at radius 3 is 2.20 bits per heavy atom. The van der Waals surface area contributed by atoms with Crippen LogP contribution in [0.3, 0.4) is 0 Å². The molecular formula is C9H11F3N2O. The number of rotatable bonds is 0. The van der Waals surface area contributed by atoms with E-state index in [1.54, 1.807) is 20.8 Å². The first kappa shape index (κ1) is 11.7. The zero-order chi connectivity index (χ0) is 12.0. The van der Waals surface area contributed by atoms with Gasteiger partial charge in [0, 0.05) is 11.1 Å². The number of hydrogen-bond donors (Lipinski definition) is 0. The fourth-order valence-corrected chi connectivity index (χ4v) is 1.10. The molecule has 1 amide bonds. The molecule has 1 heterocycles. The van der Waals surface area contributed by atoms with Gasteiger partial charge in [-0.05, 0) is 20.8 Å². The van der Waals surface area contributed by atoms with E-state index in [1.165, 1.54) is 0 Å². The first-order valence-corrected chi connectivity index (χ1v) is 4.25. The minimum atomic E-state index is -4.92. The van der Waals surface area contributed by atoms with Crippen LogP contribution in [0.5, 0.6) is 0 Å². The largest absolute Gasteiger partial charge is 0.473 e. The molecule has 0 N–H and O–H groups in total. The number of halogens is 3. The Kier molecular flexibility index (Phi) is 2.41. The van der Waals surface area contributed by atoms with Crippen LogP contribution in [0.1, 0.15) is 20.8 Å². The molecule has 0 radical (unpaired) electrons. The van der Waals surface area contributed by atoms with Gasteiger partial charge in [-0.2, -0.15) is 23.3 Å². The van der Waals surface area contributed by atoms with Crippen LogP contribution >= 0.6 is 0 Å². The molecule has 1 aliphatic heterocycles. The van der Waals surface area contributed by atoms with Crippen molar-refractivity contribution in [3.05, 3.63) is 12.3 Å². The highest BCUT2D eigenvalue weighted by molar-refractivity contribution is 5.96. The van der Waals surface area contributed by atoms with Crippen molar-refractivity contribution in [2.24, 2.45) is 10.5 Å². The molecular weight excluding hydrogens is 209 g/mol. The maximum Gasteiger partial charge on any atom is 0.473 e. The van der Waals surface area contributed by atoms with Gasteiger partial charge in [0.2, 0.25) is 0 Å². The first-order chi connectivity index (χ1) is 6.58.